The summed E-state index contributed by atoms with van der Waals surface area (Å²) in [6, 6.07) is 11.1. The monoisotopic (exact) mass is 243 g/mol. The van der Waals surface area contributed by atoms with Gasteiger partial charge >= 0.3 is 0 Å². The quantitative estimate of drug-likeness (QED) is 0.876. The van der Waals surface area contributed by atoms with Crippen LogP contribution in [0.4, 0.5) is 11.4 Å². The average Bonchev–Trinajstić information content (AvgIpc) is 2.34. The van der Waals surface area contributed by atoms with Gasteiger partial charge in [-0.05, 0) is 36.8 Å². The zero-order valence-corrected chi connectivity index (χ0v) is 9.99. The molecule has 4 heteroatoms. The predicted octanol–water partition coefficient (Wildman–Crippen LogP) is 3.66. The highest BCUT2D eigenvalue weighted by atomic mass is 35.5. The third-order valence-electron chi connectivity index (χ3n) is 2.35. The second-order valence-corrected chi connectivity index (χ2v) is 4.06. The fraction of sp³-hybridized carbons (Fsp3) is 0.0769. The van der Waals surface area contributed by atoms with E-state index >= 15 is 0 Å². The van der Waals surface area contributed by atoms with Crippen LogP contribution in [0.1, 0.15) is 11.3 Å². The van der Waals surface area contributed by atoms with Crippen LogP contribution in [0.25, 0.3) is 0 Å². The topological polar surface area (TPSA) is 48.7 Å². The molecule has 84 valence electrons. The van der Waals surface area contributed by atoms with Crippen molar-refractivity contribution in [1.82, 2.24) is 4.98 Å². The minimum atomic E-state index is 0.384. The van der Waals surface area contributed by atoms with Crippen LogP contribution in [0.2, 0.25) is 5.02 Å². The van der Waals surface area contributed by atoms with Crippen molar-refractivity contribution < 1.29 is 0 Å². The number of aromatic nitrogens is 1. The Morgan fingerprint density at radius 1 is 1.29 bits per heavy atom. The molecular formula is C13H10ClN3. The Morgan fingerprint density at radius 2 is 2.12 bits per heavy atom. The number of nitriles is 1. The normalized spacial score (nSPS) is 9.71. The van der Waals surface area contributed by atoms with E-state index in [1.165, 1.54) is 0 Å². The van der Waals surface area contributed by atoms with E-state index in [1.807, 2.05) is 31.2 Å². The fourth-order valence-electron chi connectivity index (χ4n) is 1.45. The maximum absolute atomic E-state index is 8.77. The Bertz CT molecular complexity index is 587. The van der Waals surface area contributed by atoms with Crippen LogP contribution < -0.4 is 5.32 Å². The summed E-state index contributed by atoms with van der Waals surface area (Å²) in [6.07, 6.45) is 1.60. The Labute approximate surface area is 105 Å². The zero-order chi connectivity index (χ0) is 12.3. The summed E-state index contributed by atoms with van der Waals surface area (Å²) >= 11 is 5.94. The summed E-state index contributed by atoms with van der Waals surface area (Å²) in [4.78, 5) is 3.91. The molecule has 2 rings (SSSR count). The number of rotatable bonds is 2. The van der Waals surface area contributed by atoms with E-state index in [-0.39, 0.29) is 0 Å². The molecule has 1 aromatic carbocycles. The van der Waals surface area contributed by atoms with Gasteiger partial charge in [-0.2, -0.15) is 5.26 Å². The molecular weight excluding hydrogens is 234 g/mol. The van der Waals surface area contributed by atoms with Gasteiger partial charge in [0.25, 0.3) is 0 Å². The molecule has 0 amide bonds. The van der Waals surface area contributed by atoms with Crippen LogP contribution in [0.3, 0.4) is 0 Å². The highest BCUT2D eigenvalue weighted by molar-refractivity contribution is 6.30. The first kappa shape index (κ1) is 11.4. The molecule has 2 aromatic rings. The summed E-state index contributed by atoms with van der Waals surface area (Å²) < 4.78 is 0. The second kappa shape index (κ2) is 4.86. The number of hydrogen-bond acceptors (Lipinski definition) is 3. The van der Waals surface area contributed by atoms with Gasteiger partial charge in [0.05, 0.1) is 0 Å². The zero-order valence-electron chi connectivity index (χ0n) is 9.24. The van der Waals surface area contributed by atoms with Gasteiger partial charge in [-0.1, -0.05) is 17.7 Å². The summed E-state index contributed by atoms with van der Waals surface area (Å²) in [5.74, 6) is 0. The standard InChI is InChI=1S/C13H10ClN3/c1-9-2-3-10(14)6-13(9)17-11-4-5-16-12(7-11)8-15/h2-7H,1H3,(H,16,17). The molecule has 1 aromatic heterocycles. The molecule has 1 N–H and O–H groups in total. The van der Waals surface area contributed by atoms with E-state index in [9.17, 15) is 0 Å². The maximum Gasteiger partial charge on any atom is 0.142 e. The minimum absolute atomic E-state index is 0.384. The van der Waals surface area contributed by atoms with Crippen LogP contribution in [0.15, 0.2) is 36.5 Å². The Kier molecular flexibility index (Phi) is 3.27. The molecule has 0 unspecified atom stereocenters. The lowest BCUT2D eigenvalue weighted by atomic mass is 10.2. The SMILES string of the molecule is Cc1ccc(Cl)cc1Nc1ccnc(C#N)c1. The highest BCUT2D eigenvalue weighted by Gasteiger charge is 2.01. The van der Waals surface area contributed by atoms with E-state index in [4.69, 9.17) is 16.9 Å². The van der Waals surface area contributed by atoms with Crippen molar-refractivity contribution >= 4 is 23.0 Å². The lowest BCUT2D eigenvalue weighted by Gasteiger charge is -2.09. The number of halogens is 1. The van der Waals surface area contributed by atoms with Crippen LogP contribution in [0, 0.1) is 18.3 Å². The summed E-state index contributed by atoms with van der Waals surface area (Å²) in [7, 11) is 0. The summed E-state index contributed by atoms with van der Waals surface area (Å²) in [5.41, 5.74) is 3.22. The van der Waals surface area contributed by atoms with Gasteiger partial charge in [0, 0.05) is 22.6 Å². The first-order chi connectivity index (χ1) is 8.19. The Morgan fingerprint density at radius 3 is 2.88 bits per heavy atom. The molecule has 0 saturated carbocycles. The van der Waals surface area contributed by atoms with Crippen molar-refractivity contribution in [2.24, 2.45) is 0 Å². The molecule has 0 spiro atoms. The van der Waals surface area contributed by atoms with Gasteiger partial charge in [0.1, 0.15) is 11.8 Å². The third kappa shape index (κ3) is 2.74. The molecule has 17 heavy (non-hydrogen) atoms. The maximum atomic E-state index is 8.77. The highest BCUT2D eigenvalue weighted by Crippen LogP contribution is 2.24. The Balaban J connectivity index is 2.31. The number of hydrogen-bond donors (Lipinski definition) is 1. The number of nitrogens with one attached hydrogen (secondary N) is 1. The lowest BCUT2D eigenvalue weighted by Crippen LogP contribution is -1.94. The molecule has 0 aliphatic rings. The van der Waals surface area contributed by atoms with Crippen molar-refractivity contribution in [3.05, 3.63) is 52.8 Å². The van der Waals surface area contributed by atoms with Gasteiger partial charge < -0.3 is 5.32 Å². The first-order valence-corrected chi connectivity index (χ1v) is 5.46. The van der Waals surface area contributed by atoms with Gasteiger partial charge in [0.15, 0.2) is 0 Å². The van der Waals surface area contributed by atoms with Crippen molar-refractivity contribution in [2.45, 2.75) is 6.92 Å². The smallest absolute Gasteiger partial charge is 0.142 e. The first-order valence-electron chi connectivity index (χ1n) is 5.08. The number of nitrogens with zero attached hydrogens (tertiary/aromatic N) is 2. The minimum Gasteiger partial charge on any atom is -0.355 e. The average molecular weight is 244 g/mol. The number of aryl methyl sites for hydroxylation is 1. The van der Waals surface area contributed by atoms with Gasteiger partial charge in [-0.3, -0.25) is 0 Å². The van der Waals surface area contributed by atoms with E-state index < -0.39 is 0 Å². The summed E-state index contributed by atoms with van der Waals surface area (Å²) in [6.45, 7) is 1.99. The second-order valence-electron chi connectivity index (χ2n) is 3.63. The van der Waals surface area contributed by atoms with E-state index in [0.29, 0.717) is 10.7 Å². The fourth-order valence-corrected chi connectivity index (χ4v) is 1.63. The number of benzene rings is 1. The molecule has 0 atom stereocenters. The molecule has 0 saturated heterocycles. The Hall–Kier alpha value is -2.05. The number of anilines is 2. The lowest BCUT2D eigenvalue weighted by molar-refractivity contribution is 1.26. The molecule has 0 aliphatic carbocycles. The van der Waals surface area contributed by atoms with Crippen LogP contribution >= 0.6 is 11.6 Å². The van der Waals surface area contributed by atoms with Crippen molar-refractivity contribution in [3.63, 3.8) is 0 Å². The van der Waals surface area contributed by atoms with Gasteiger partial charge in [-0.25, -0.2) is 4.98 Å². The molecule has 0 fully saturated rings. The largest absolute Gasteiger partial charge is 0.355 e. The van der Waals surface area contributed by atoms with E-state index in [2.05, 4.69) is 10.3 Å². The molecule has 0 bridgehead atoms. The van der Waals surface area contributed by atoms with Crippen molar-refractivity contribution in [1.29, 1.82) is 5.26 Å². The van der Waals surface area contributed by atoms with Crippen LogP contribution in [-0.2, 0) is 0 Å². The molecule has 1 heterocycles. The van der Waals surface area contributed by atoms with E-state index in [0.717, 1.165) is 16.9 Å². The van der Waals surface area contributed by atoms with Crippen LogP contribution in [0.5, 0.6) is 0 Å². The van der Waals surface area contributed by atoms with Crippen LogP contribution in [-0.4, -0.2) is 4.98 Å². The van der Waals surface area contributed by atoms with Gasteiger partial charge in [0.2, 0.25) is 0 Å². The molecule has 0 aliphatic heterocycles. The molecule has 0 radical (unpaired) electrons. The predicted molar refractivity (Wildman–Crippen MR) is 68.4 cm³/mol. The van der Waals surface area contributed by atoms with Crippen molar-refractivity contribution in [2.75, 3.05) is 5.32 Å². The number of pyridine rings is 1. The van der Waals surface area contributed by atoms with E-state index in [1.54, 1.807) is 18.3 Å². The third-order valence-corrected chi connectivity index (χ3v) is 2.59. The van der Waals surface area contributed by atoms with Gasteiger partial charge in [-0.15, -0.1) is 0 Å². The molecule has 3 nitrogen and oxygen atoms in total. The van der Waals surface area contributed by atoms with Crippen molar-refractivity contribution in [3.8, 4) is 6.07 Å². The summed E-state index contributed by atoms with van der Waals surface area (Å²) in [5, 5.41) is 12.7.